The van der Waals surface area contributed by atoms with Gasteiger partial charge >= 0.3 is 0 Å². The van der Waals surface area contributed by atoms with Crippen LogP contribution in [0.4, 0.5) is 0 Å². The molecule has 0 bridgehead atoms. The molecule has 0 atom stereocenters. The summed E-state index contributed by atoms with van der Waals surface area (Å²) >= 11 is 0. The molecule has 0 aliphatic rings. The topological polar surface area (TPSA) is 17.8 Å². The minimum Gasteiger partial charge on any atom is -0.326 e. The molecule has 2 nitrogen and oxygen atoms in total. The predicted molar refractivity (Wildman–Crippen MR) is 183 cm³/mol. The Bertz CT molecular complexity index is 1500. The molecule has 5 aromatic carbocycles. The fourth-order valence-electron chi connectivity index (χ4n) is 5.69. The summed E-state index contributed by atoms with van der Waals surface area (Å²) in [4.78, 5) is 4.34. The maximum absolute atomic E-state index is 4.34. The lowest BCUT2D eigenvalue weighted by Gasteiger charge is -2.37. The van der Waals surface area contributed by atoms with E-state index >= 15 is 0 Å². The maximum atomic E-state index is 4.34. The van der Waals surface area contributed by atoms with E-state index in [9.17, 15) is 0 Å². The Hall–Kier alpha value is -4.67. The van der Waals surface area contributed by atoms with Crippen molar-refractivity contribution in [2.24, 2.45) is 0 Å². The van der Waals surface area contributed by atoms with Crippen LogP contribution in [0.2, 0.25) is 0 Å². The Labute approximate surface area is 253 Å². The number of imidazole rings is 1. The Morgan fingerprint density at radius 2 is 1.00 bits per heavy atom. The quantitative estimate of drug-likeness (QED) is 0.211. The van der Waals surface area contributed by atoms with E-state index in [0.29, 0.717) is 6.71 Å². The molecule has 4 heteroatoms. The van der Waals surface area contributed by atoms with Crippen molar-refractivity contribution in [3.63, 3.8) is 0 Å². The number of allylic oxidation sites excluding steroid dienone is 2. The molecule has 6 rings (SSSR count). The third-order valence-corrected chi connectivity index (χ3v) is 10.5. The zero-order valence-electron chi connectivity index (χ0n) is 24.4. The van der Waals surface area contributed by atoms with Crippen LogP contribution in [-0.4, -0.2) is 25.8 Å². The maximum Gasteiger partial charge on any atom is 0.241 e. The van der Waals surface area contributed by atoms with Gasteiger partial charge in [-0.2, -0.15) is 0 Å². The van der Waals surface area contributed by atoms with Crippen molar-refractivity contribution >= 4 is 32.6 Å². The molecule has 42 heavy (non-hydrogen) atoms. The van der Waals surface area contributed by atoms with E-state index in [1.54, 1.807) is 0 Å². The Balaban J connectivity index is 0.000000171. The monoisotopic (exact) mass is 560 g/mol. The Kier molecular flexibility index (Phi) is 9.82. The zero-order chi connectivity index (χ0) is 29.0. The average Bonchev–Trinajstić information content (AvgIpc) is 3.62. The molecule has 1 heterocycles. The van der Waals surface area contributed by atoms with Crippen LogP contribution < -0.4 is 16.4 Å². The first-order chi connectivity index (χ1) is 20.7. The van der Waals surface area contributed by atoms with Crippen LogP contribution in [0, 0.1) is 0 Å². The second kappa shape index (κ2) is 14.3. The fraction of sp³-hybridized carbons (Fsp3) is 0.0789. The standard InChI is InChI=1S/C20H22N2Si.C18H15B/c1-3-17(2)23-20(22-15-14-21-16-22,18-10-6-4-7-11-18)19-12-8-5-9-13-19;1-4-10-16(11-5-1)19(17-12-6-2-7-13-17)18-14-8-3-9-15-18/h3-16H,23H2,1-2H3;1-15H. The largest absolute Gasteiger partial charge is 0.326 e. The summed E-state index contributed by atoms with van der Waals surface area (Å²) in [6.07, 6.45) is 8.18. The van der Waals surface area contributed by atoms with Crippen LogP contribution in [-0.2, 0) is 5.16 Å². The van der Waals surface area contributed by atoms with E-state index in [4.69, 9.17) is 0 Å². The van der Waals surface area contributed by atoms with E-state index in [2.05, 4.69) is 187 Å². The van der Waals surface area contributed by atoms with Gasteiger partial charge in [-0.1, -0.05) is 179 Å². The molecular weight excluding hydrogens is 523 g/mol. The summed E-state index contributed by atoms with van der Waals surface area (Å²) in [5.74, 6) is 0. The van der Waals surface area contributed by atoms with Crippen molar-refractivity contribution in [1.82, 2.24) is 9.55 Å². The lowest BCUT2D eigenvalue weighted by Crippen LogP contribution is -2.51. The van der Waals surface area contributed by atoms with Crippen LogP contribution in [0.5, 0.6) is 0 Å². The van der Waals surface area contributed by atoms with Crippen LogP contribution in [0.25, 0.3) is 0 Å². The molecule has 0 aliphatic heterocycles. The molecule has 0 unspecified atom stereocenters. The van der Waals surface area contributed by atoms with Crippen molar-refractivity contribution in [3.05, 3.63) is 193 Å². The number of hydrogen-bond acceptors (Lipinski definition) is 1. The molecule has 0 spiro atoms. The molecule has 0 saturated heterocycles. The van der Waals surface area contributed by atoms with E-state index in [-0.39, 0.29) is 5.16 Å². The van der Waals surface area contributed by atoms with Crippen molar-refractivity contribution < 1.29 is 0 Å². The summed E-state index contributed by atoms with van der Waals surface area (Å²) < 4.78 is 2.29. The van der Waals surface area contributed by atoms with Gasteiger partial charge < -0.3 is 4.57 Å². The van der Waals surface area contributed by atoms with Crippen LogP contribution >= 0.6 is 0 Å². The molecule has 0 fully saturated rings. The summed E-state index contributed by atoms with van der Waals surface area (Å²) in [6.45, 7) is 4.70. The smallest absolute Gasteiger partial charge is 0.241 e. The van der Waals surface area contributed by atoms with Crippen molar-refractivity contribution in [2.75, 3.05) is 0 Å². The molecule has 0 saturated carbocycles. The number of benzene rings is 5. The molecular formula is C38H37BN2Si. The number of rotatable bonds is 8. The SMILES string of the molecule is CC=C(C)[SiH2]C(c1ccccc1)(c1ccccc1)n1ccnc1.c1ccc(B(c2ccccc2)c2ccccc2)cc1. The van der Waals surface area contributed by atoms with E-state index in [1.165, 1.54) is 32.7 Å². The summed E-state index contributed by atoms with van der Waals surface area (Å²) in [5, 5.41) is 1.35. The third-order valence-electron chi connectivity index (χ3n) is 7.87. The lowest BCUT2D eigenvalue weighted by atomic mass is 9.37. The molecule has 0 amide bonds. The van der Waals surface area contributed by atoms with Gasteiger partial charge in [-0.25, -0.2) is 4.98 Å². The van der Waals surface area contributed by atoms with Crippen molar-refractivity contribution in [3.8, 4) is 0 Å². The van der Waals surface area contributed by atoms with E-state index in [0.717, 1.165) is 0 Å². The zero-order valence-corrected chi connectivity index (χ0v) is 25.8. The van der Waals surface area contributed by atoms with Crippen molar-refractivity contribution in [1.29, 1.82) is 0 Å². The molecule has 1 aromatic heterocycles. The minimum atomic E-state index is -0.639. The minimum absolute atomic E-state index is 0.143. The van der Waals surface area contributed by atoms with Gasteiger partial charge in [0.2, 0.25) is 6.71 Å². The number of aromatic nitrogens is 2. The molecule has 0 N–H and O–H groups in total. The summed E-state index contributed by atoms with van der Waals surface area (Å²) in [6, 6.07) is 53.7. The fourth-order valence-corrected chi connectivity index (χ4v) is 7.95. The molecule has 206 valence electrons. The van der Waals surface area contributed by atoms with Gasteiger partial charge in [0.25, 0.3) is 0 Å². The first-order valence-corrected chi connectivity index (χ1v) is 16.0. The van der Waals surface area contributed by atoms with Gasteiger partial charge in [0.1, 0.15) is 0 Å². The number of nitrogens with zero attached hydrogens (tertiary/aromatic N) is 2. The number of hydrogen-bond donors (Lipinski definition) is 0. The van der Waals surface area contributed by atoms with E-state index in [1.807, 2.05) is 12.5 Å². The highest BCUT2D eigenvalue weighted by Crippen LogP contribution is 2.34. The Morgan fingerprint density at radius 1 is 0.619 bits per heavy atom. The second-order valence-electron chi connectivity index (χ2n) is 10.5. The van der Waals surface area contributed by atoms with Gasteiger partial charge in [-0.05, 0) is 25.0 Å². The highest BCUT2D eigenvalue weighted by molar-refractivity contribution is 6.95. The normalized spacial score (nSPS) is 11.6. The first kappa shape index (κ1) is 28.8. The van der Waals surface area contributed by atoms with Gasteiger partial charge in [0.15, 0.2) is 0 Å². The first-order valence-electron chi connectivity index (χ1n) is 14.6. The molecule has 0 radical (unpaired) electrons. The van der Waals surface area contributed by atoms with Crippen LogP contribution in [0.1, 0.15) is 25.0 Å². The molecule has 6 aromatic rings. The lowest BCUT2D eigenvalue weighted by molar-refractivity contribution is 0.594. The molecule has 0 aliphatic carbocycles. The summed E-state index contributed by atoms with van der Waals surface area (Å²) in [7, 11) is -0.639. The average molecular weight is 561 g/mol. The van der Waals surface area contributed by atoms with Crippen LogP contribution in [0.3, 0.4) is 0 Å². The third kappa shape index (κ3) is 6.62. The van der Waals surface area contributed by atoms with E-state index < -0.39 is 9.52 Å². The van der Waals surface area contributed by atoms with Crippen molar-refractivity contribution in [2.45, 2.75) is 19.0 Å². The highest BCUT2D eigenvalue weighted by atomic mass is 28.2. The van der Waals surface area contributed by atoms with Gasteiger partial charge in [0, 0.05) is 12.4 Å². The van der Waals surface area contributed by atoms with Gasteiger partial charge in [-0.15, -0.1) is 0 Å². The second-order valence-corrected chi connectivity index (χ2v) is 13.0. The summed E-state index contributed by atoms with van der Waals surface area (Å²) in [5.41, 5.74) is 6.66. The van der Waals surface area contributed by atoms with Gasteiger partial charge in [0.05, 0.1) is 21.0 Å². The Morgan fingerprint density at radius 3 is 1.33 bits per heavy atom. The predicted octanol–water partition coefficient (Wildman–Crippen LogP) is 5.93. The van der Waals surface area contributed by atoms with Gasteiger partial charge in [-0.3, -0.25) is 0 Å². The van der Waals surface area contributed by atoms with Crippen LogP contribution in [0.15, 0.2) is 182 Å². The highest BCUT2D eigenvalue weighted by Gasteiger charge is 2.36.